The van der Waals surface area contributed by atoms with E-state index in [1.807, 2.05) is 30.5 Å². The maximum absolute atomic E-state index is 9.27. The van der Waals surface area contributed by atoms with Gasteiger partial charge >= 0.3 is 0 Å². The molecule has 0 atom stereocenters. The van der Waals surface area contributed by atoms with E-state index >= 15 is 0 Å². The standard InChI is InChI=1S/C9H7N.C2H5N3O.ClH/c1-2-6-9-8(4-1)5-3-7-10-9;3-2(4)5-1-6;/h1-7H;1H,(H4,3,4,5,6);1H. The number of carbonyl (C=O) groups excluding carboxylic acids is 1. The highest BCUT2D eigenvalue weighted by Crippen LogP contribution is 2.07. The number of hydrogen-bond donors (Lipinski definition) is 2. The molecule has 0 spiro atoms. The second kappa shape index (κ2) is 8.06. The normalized spacial score (nSPS) is 8.24. The van der Waals surface area contributed by atoms with E-state index in [2.05, 4.69) is 22.1 Å². The van der Waals surface area contributed by atoms with Crippen LogP contribution in [0.15, 0.2) is 47.6 Å². The molecular formula is C11H13ClN4O. The van der Waals surface area contributed by atoms with Crippen molar-refractivity contribution in [1.82, 2.24) is 4.98 Å². The molecule has 2 rings (SSSR count). The van der Waals surface area contributed by atoms with Gasteiger partial charge in [-0.15, -0.1) is 12.4 Å². The summed E-state index contributed by atoms with van der Waals surface area (Å²) < 4.78 is 0. The third-order valence-electron chi connectivity index (χ3n) is 1.71. The van der Waals surface area contributed by atoms with Crippen LogP contribution in [-0.2, 0) is 4.79 Å². The van der Waals surface area contributed by atoms with Gasteiger partial charge in [-0.2, -0.15) is 4.99 Å². The largest absolute Gasteiger partial charge is 0.370 e. The quantitative estimate of drug-likeness (QED) is 0.451. The van der Waals surface area contributed by atoms with Gasteiger partial charge in [-0.05, 0) is 12.1 Å². The van der Waals surface area contributed by atoms with E-state index in [1.54, 1.807) is 0 Å². The van der Waals surface area contributed by atoms with Gasteiger partial charge in [0.2, 0.25) is 6.41 Å². The van der Waals surface area contributed by atoms with E-state index < -0.39 is 0 Å². The van der Waals surface area contributed by atoms with E-state index in [4.69, 9.17) is 11.5 Å². The van der Waals surface area contributed by atoms with Gasteiger partial charge < -0.3 is 11.5 Å². The van der Waals surface area contributed by atoms with E-state index in [1.165, 1.54) is 5.39 Å². The van der Waals surface area contributed by atoms with Crippen LogP contribution in [0.1, 0.15) is 0 Å². The minimum Gasteiger partial charge on any atom is -0.370 e. The molecular weight excluding hydrogens is 240 g/mol. The highest BCUT2D eigenvalue weighted by atomic mass is 35.5. The predicted octanol–water partition coefficient (Wildman–Crippen LogP) is 1.07. The molecule has 0 bridgehead atoms. The van der Waals surface area contributed by atoms with Gasteiger partial charge in [0.05, 0.1) is 5.52 Å². The number of nitrogens with two attached hydrogens (primary N) is 2. The minimum atomic E-state index is -0.204. The minimum absolute atomic E-state index is 0. The molecule has 1 amide bonds. The Hall–Kier alpha value is -2.14. The van der Waals surface area contributed by atoms with Crippen LogP contribution < -0.4 is 11.5 Å². The Balaban J connectivity index is 0.000000324. The lowest BCUT2D eigenvalue weighted by Gasteiger charge is -1.91. The van der Waals surface area contributed by atoms with Crippen molar-refractivity contribution >= 4 is 35.7 Å². The zero-order valence-corrected chi connectivity index (χ0v) is 9.80. The van der Waals surface area contributed by atoms with E-state index in [9.17, 15) is 4.79 Å². The van der Waals surface area contributed by atoms with Crippen LogP contribution >= 0.6 is 12.4 Å². The predicted molar refractivity (Wildman–Crippen MR) is 70.9 cm³/mol. The van der Waals surface area contributed by atoms with Crippen LogP contribution in [0.3, 0.4) is 0 Å². The Kier molecular flexibility index (Phi) is 7.05. The third kappa shape index (κ3) is 5.48. The summed E-state index contributed by atoms with van der Waals surface area (Å²) in [5.74, 6) is -0.204. The molecule has 2 aromatic rings. The second-order valence-electron chi connectivity index (χ2n) is 2.86. The maximum Gasteiger partial charge on any atom is 0.236 e. The first-order valence-electron chi connectivity index (χ1n) is 4.56. The van der Waals surface area contributed by atoms with Gasteiger partial charge in [0.25, 0.3) is 0 Å². The molecule has 1 aromatic heterocycles. The SMILES string of the molecule is Cl.NC(N)=NC=O.c1ccc2ncccc2c1. The van der Waals surface area contributed by atoms with Crippen molar-refractivity contribution in [3.63, 3.8) is 0 Å². The van der Waals surface area contributed by atoms with Gasteiger partial charge in [0.1, 0.15) is 0 Å². The van der Waals surface area contributed by atoms with Crippen molar-refractivity contribution < 1.29 is 4.79 Å². The van der Waals surface area contributed by atoms with Gasteiger partial charge in [-0.3, -0.25) is 9.78 Å². The highest BCUT2D eigenvalue weighted by molar-refractivity contribution is 5.85. The zero-order valence-electron chi connectivity index (χ0n) is 8.98. The summed E-state index contributed by atoms with van der Waals surface area (Å²) in [6.45, 7) is 0. The number of aromatic nitrogens is 1. The fraction of sp³-hybridized carbons (Fsp3) is 0. The smallest absolute Gasteiger partial charge is 0.236 e. The summed E-state index contributed by atoms with van der Waals surface area (Å²) in [5, 5.41) is 1.20. The zero-order chi connectivity index (χ0) is 11.8. The van der Waals surface area contributed by atoms with E-state index in [0.717, 1.165) is 5.52 Å². The number of aliphatic imine (C=N–C) groups is 1. The Bertz CT molecular complexity index is 432. The first kappa shape index (κ1) is 14.9. The first-order chi connectivity index (χ1) is 7.74. The summed E-state index contributed by atoms with van der Waals surface area (Å²) >= 11 is 0. The van der Waals surface area contributed by atoms with Gasteiger partial charge in [-0.1, -0.05) is 24.3 Å². The second-order valence-corrected chi connectivity index (χ2v) is 2.86. The number of carbonyl (C=O) groups is 1. The number of nitrogens with zero attached hydrogens (tertiary/aromatic N) is 2. The molecule has 1 heterocycles. The Morgan fingerprint density at radius 1 is 1.18 bits per heavy atom. The molecule has 0 saturated heterocycles. The number of pyridine rings is 1. The average molecular weight is 253 g/mol. The summed E-state index contributed by atoms with van der Waals surface area (Å²) in [6.07, 6.45) is 2.09. The van der Waals surface area contributed by atoms with Crippen LogP contribution in [0.2, 0.25) is 0 Å². The molecule has 17 heavy (non-hydrogen) atoms. The molecule has 6 heteroatoms. The van der Waals surface area contributed by atoms with E-state index in [0.29, 0.717) is 0 Å². The number of rotatable bonds is 1. The average Bonchev–Trinajstić information content (AvgIpc) is 2.30. The molecule has 0 unspecified atom stereocenters. The van der Waals surface area contributed by atoms with Crippen LogP contribution in [0, 0.1) is 0 Å². The Labute approximate surface area is 105 Å². The molecule has 0 fully saturated rings. The topological polar surface area (TPSA) is 94.4 Å². The molecule has 4 N–H and O–H groups in total. The molecule has 90 valence electrons. The fourth-order valence-electron chi connectivity index (χ4n) is 1.08. The van der Waals surface area contributed by atoms with Crippen molar-refractivity contribution in [1.29, 1.82) is 0 Å². The summed E-state index contributed by atoms with van der Waals surface area (Å²) in [5.41, 5.74) is 10.5. The van der Waals surface area contributed by atoms with Gasteiger partial charge in [0, 0.05) is 11.6 Å². The number of para-hydroxylation sites is 1. The Morgan fingerprint density at radius 3 is 2.35 bits per heavy atom. The van der Waals surface area contributed by atoms with Crippen molar-refractivity contribution in [2.24, 2.45) is 16.5 Å². The molecule has 5 nitrogen and oxygen atoms in total. The number of halogens is 1. The lowest BCUT2D eigenvalue weighted by molar-refractivity contribution is -0.106. The first-order valence-corrected chi connectivity index (χ1v) is 4.56. The monoisotopic (exact) mass is 252 g/mol. The highest BCUT2D eigenvalue weighted by Gasteiger charge is 1.86. The number of fused-ring (bicyclic) bond motifs is 1. The van der Waals surface area contributed by atoms with Crippen LogP contribution in [0.4, 0.5) is 0 Å². The number of benzene rings is 1. The molecule has 1 aromatic carbocycles. The van der Waals surface area contributed by atoms with Crippen molar-refractivity contribution in [3.05, 3.63) is 42.6 Å². The molecule has 0 aliphatic rings. The molecule has 0 aliphatic heterocycles. The third-order valence-corrected chi connectivity index (χ3v) is 1.71. The summed E-state index contributed by atoms with van der Waals surface area (Å²) in [7, 11) is 0. The van der Waals surface area contributed by atoms with E-state index in [-0.39, 0.29) is 24.8 Å². The number of hydrogen-bond acceptors (Lipinski definition) is 2. The lowest BCUT2D eigenvalue weighted by atomic mass is 10.2. The van der Waals surface area contributed by atoms with Crippen molar-refractivity contribution in [2.45, 2.75) is 0 Å². The summed E-state index contributed by atoms with van der Waals surface area (Å²) in [4.78, 5) is 16.4. The summed E-state index contributed by atoms with van der Waals surface area (Å²) in [6, 6.07) is 12.1. The van der Waals surface area contributed by atoms with Crippen molar-refractivity contribution in [3.8, 4) is 0 Å². The van der Waals surface area contributed by atoms with Gasteiger partial charge in [0.15, 0.2) is 5.96 Å². The molecule has 0 radical (unpaired) electrons. The Morgan fingerprint density at radius 2 is 1.82 bits per heavy atom. The fourth-order valence-corrected chi connectivity index (χ4v) is 1.08. The number of amides is 1. The maximum atomic E-state index is 9.27. The van der Waals surface area contributed by atoms with Crippen LogP contribution in [0.25, 0.3) is 10.9 Å². The lowest BCUT2D eigenvalue weighted by Crippen LogP contribution is -2.22. The van der Waals surface area contributed by atoms with Crippen LogP contribution in [-0.4, -0.2) is 17.4 Å². The van der Waals surface area contributed by atoms with Gasteiger partial charge in [-0.25, -0.2) is 0 Å². The van der Waals surface area contributed by atoms with Crippen LogP contribution in [0.5, 0.6) is 0 Å². The number of guanidine groups is 1. The molecule has 0 aliphatic carbocycles. The van der Waals surface area contributed by atoms with Crippen molar-refractivity contribution in [2.75, 3.05) is 0 Å². The molecule has 0 saturated carbocycles.